The first-order valence-corrected chi connectivity index (χ1v) is 4.89. The van der Waals surface area contributed by atoms with E-state index in [0.29, 0.717) is 5.56 Å². The number of hydrogen-bond acceptors (Lipinski definition) is 2. The van der Waals surface area contributed by atoms with Gasteiger partial charge in [0.2, 0.25) is 0 Å². The van der Waals surface area contributed by atoms with Crippen LogP contribution in [0.15, 0.2) is 30.3 Å². The van der Waals surface area contributed by atoms with Crippen LogP contribution in [0.4, 0.5) is 0 Å². The monoisotopic (exact) mass is 206 g/mol. The Morgan fingerprint density at radius 1 is 1.27 bits per heavy atom. The second-order valence-corrected chi connectivity index (χ2v) is 4.38. The number of ether oxygens (including phenoxy) is 1. The van der Waals surface area contributed by atoms with Gasteiger partial charge >= 0.3 is 5.97 Å². The molecule has 1 radical (unpaired) electrons. The van der Waals surface area contributed by atoms with Crippen molar-refractivity contribution in [2.45, 2.75) is 32.4 Å². The van der Waals surface area contributed by atoms with Gasteiger partial charge in [-0.2, -0.15) is 0 Å². The third-order valence-corrected chi connectivity index (χ3v) is 1.78. The lowest BCUT2D eigenvalue weighted by Gasteiger charge is -2.21. The SMILES string of the molecule is CC(C)(C)OC(=O)[C@@H]([NH])c1ccccc1. The highest BCUT2D eigenvalue weighted by Gasteiger charge is 2.23. The van der Waals surface area contributed by atoms with Crippen molar-refractivity contribution >= 4 is 5.97 Å². The molecule has 0 bridgehead atoms. The molecule has 0 fully saturated rings. The number of carbonyl (C=O) groups is 1. The van der Waals surface area contributed by atoms with E-state index in [9.17, 15) is 4.79 Å². The van der Waals surface area contributed by atoms with E-state index in [2.05, 4.69) is 0 Å². The molecule has 1 aromatic carbocycles. The molecule has 15 heavy (non-hydrogen) atoms. The van der Waals surface area contributed by atoms with E-state index in [1.165, 1.54) is 0 Å². The Morgan fingerprint density at radius 3 is 2.27 bits per heavy atom. The fourth-order valence-corrected chi connectivity index (χ4v) is 1.14. The number of esters is 1. The van der Waals surface area contributed by atoms with Gasteiger partial charge in [0.15, 0.2) is 0 Å². The molecule has 0 heterocycles. The molecule has 0 aliphatic carbocycles. The first-order valence-electron chi connectivity index (χ1n) is 4.89. The Bertz CT molecular complexity index is 327. The minimum Gasteiger partial charge on any atom is -0.459 e. The minimum absolute atomic E-state index is 0.506. The van der Waals surface area contributed by atoms with Gasteiger partial charge in [-0.15, -0.1) is 0 Å². The quantitative estimate of drug-likeness (QED) is 0.697. The highest BCUT2D eigenvalue weighted by molar-refractivity contribution is 5.77. The summed E-state index contributed by atoms with van der Waals surface area (Å²) >= 11 is 0. The van der Waals surface area contributed by atoms with Crippen molar-refractivity contribution < 1.29 is 9.53 Å². The number of carbonyl (C=O) groups excluding carboxylic acids is 1. The summed E-state index contributed by atoms with van der Waals surface area (Å²) in [6.07, 6.45) is 0. The van der Waals surface area contributed by atoms with E-state index < -0.39 is 17.6 Å². The summed E-state index contributed by atoms with van der Waals surface area (Å²) in [5.41, 5.74) is 7.85. The smallest absolute Gasteiger partial charge is 0.329 e. The van der Waals surface area contributed by atoms with Crippen LogP contribution in [0.25, 0.3) is 0 Å². The molecule has 1 atom stereocenters. The number of rotatable bonds is 2. The summed E-state index contributed by atoms with van der Waals surface area (Å²) in [5.74, 6) is -0.506. The first kappa shape index (κ1) is 11.7. The predicted molar refractivity (Wildman–Crippen MR) is 58.1 cm³/mol. The average molecular weight is 206 g/mol. The maximum absolute atomic E-state index is 11.5. The molecule has 0 aromatic heterocycles. The highest BCUT2D eigenvalue weighted by Crippen LogP contribution is 2.17. The van der Waals surface area contributed by atoms with Gasteiger partial charge in [-0.1, -0.05) is 30.3 Å². The summed E-state index contributed by atoms with van der Waals surface area (Å²) in [7, 11) is 0. The molecule has 0 aliphatic heterocycles. The Hall–Kier alpha value is -1.35. The zero-order valence-corrected chi connectivity index (χ0v) is 9.28. The van der Waals surface area contributed by atoms with Crippen molar-refractivity contribution in [3.63, 3.8) is 0 Å². The molecular weight excluding hydrogens is 190 g/mol. The van der Waals surface area contributed by atoms with Gasteiger partial charge in [-0.3, -0.25) is 0 Å². The van der Waals surface area contributed by atoms with Crippen molar-refractivity contribution in [1.82, 2.24) is 5.73 Å². The molecule has 3 heteroatoms. The lowest BCUT2D eigenvalue weighted by atomic mass is 10.1. The largest absolute Gasteiger partial charge is 0.459 e. The third kappa shape index (κ3) is 3.72. The van der Waals surface area contributed by atoms with Crippen molar-refractivity contribution in [3.05, 3.63) is 35.9 Å². The van der Waals surface area contributed by atoms with Crippen LogP contribution >= 0.6 is 0 Å². The van der Waals surface area contributed by atoms with Crippen LogP contribution in [0.3, 0.4) is 0 Å². The molecule has 3 nitrogen and oxygen atoms in total. The predicted octanol–water partition coefficient (Wildman–Crippen LogP) is 2.35. The van der Waals surface area contributed by atoms with Crippen molar-refractivity contribution in [2.75, 3.05) is 0 Å². The molecule has 0 spiro atoms. The van der Waals surface area contributed by atoms with Gasteiger partial charge in [0.05, 0.1) is 0 Å². The zero-order chi connectivity index (χ0) is 11.5. The van der Waals surface area contributed by atoms with E-state index in [0.717, 1.165) is 0 Å². The summed E-state index contributed by atoms with van der Waals surface area (Å²) in [6.45, 7) is 5.38. The molecule has 81 valence electrons. The van der Waals surface area contributed by atoms with E-state index in [-0.39, 0.29) is 0 Å². The van der Waals surface area contributed by atoms with E-state index in [1.807, 2.05) is 6.07 Å². The Balaban J connectivity index is 2.70. The number of hydrogen-bond donors (Lipinski definition) is 0. The molecule has 0 amide bonds. The van der Waals surface area contributed by atoms with Crippen LogP contribution in [0.5, 0.6) is 0 Å². The molecule has 0 unspecified atom stereocenters. The van der Waals surface area contributed by atoms with Crippen molar-refractivity contribution in [1.29, 1.82) is 0 Å². The number of benzene rings is 1. The summed E-state index contributed by atoms with van der Waals surface area (Å²) in [4.78, 5) is 11.5. The molecule has 0 saturated heterocycles. The van der Waals surface area contributed by atoms with Gasteiger partial charge in [-0.25, -0.2) is 10.5 Å². The average Bonchev–Trinajstić information content (AvgIpc) is 2.15. The van der Waals surface area contributed by atoms with Gasteiger partial charge in [-0.05, 0) is 26.3 Å². The maximum Gasteiger partial charge on any atom is 0.329 e. The van der Waals surface area contributed by atoms with Gasteiger partial charge in [0.1, 0.15) is 11.6 Å². The van der Waals surface area contributed by atoms with Gasteiger partial charge < -0.3 is 4.74 Å². The molecule has 1 aromatic rings. The van der Waals surface area contributed by atoms with Gasteiger partial charge in [0, 0.05) is 0 Å². The van der Waals surface area contributed by atoms with Crippen LogP contribution in [0.2, 0.25) is 0 Å². The molecular formula is C12H16NO2. The molecule has 0 aliphatic rings. The molecule has 1 N–H and O–H groups in total. The van der Waals surface area contributed by atoms with E-state index >= 15 is 0 Å². The minimum atomic E-state index is -0.953. The Morgan fingerprint density at radius 2 is 1.80 bits per heavy atom. The fraction of sp³-hybridized carbons (Fsp3) is 0.417. The second kappa shape index (κ2) is 4.45. The standard InChI is InChI=1S/C12H16NO2/c1-12(2,3)15-11(14)10(13)9-7-5-4-6-8-9/h4-8,10,13H,1-3H3/t10-/m0/s1. The van der Waals surface area contributed by atoms with Crippen LogP contribution in [-0.4, -0.2) is 11.6 Å². The Labute approximate surface area is 90.2 Å². The van der Waals surface area contributed by atoms with Gasteiger partial charge in [0.25, 0.3) is 0 Å². The van der Waals surface area contributed by atoms with E-state index in [4.69, 9.17) is 10.5 Å². The zero-order valence-electron chi connectivity index (χ0n) is 9.28. The molecule has 1 rings (SSSR count). The van der Waals surface area contributed by atoms with Crippen LogP contribution < -0.4 is 5.73 Å². The lowest BCUT2D eigenvalue weighted by Crippen LogP contribution is -2.28. The summed E-state index contributed by atoms with van der Waals surface area (Å²) in [5, 5.41) is 0. The van der Waals surface area contributed by atoms with Crippen molar-refractivity contribution in [3.8, 4) is 0 Å². The molecule has 0 saturated carbocycles. The lowest BCUT2D eigenvalue weighted by molar-refractivity contribution is -0.156. The summed E-state index contributed by atoms with van der Waals surface area (Å²) in [6, 6.07) is 8.02. The summed E-state index contributed by atoms with van der Waals surface area (Å²) < 4.78 is 5.13. The van der Waals surface area contributed by atoms with Crippen LogP contribution in [0.1, 0.15) is 32.4 Å². The highest BCUT2D eigenvalue weighted by atomic mass is 16.6. The topological polar surface area (TPSA) is 50.1 Å². The third-order valence-electron chi connectivity index (χ3n) is 1.78. The fourth-order valence-electron chi connectivity index (χ4n) is 1.14. The van der Waals surface area contributed by atoms with Crippen LogP contribution in [-0.2, 0) is 9.53 Å². The maximum atomic E-state index is 11.5. The van der Waals surface area contributed by atoms with E-state index in [1.54, 1.807) is 45.0 Å². The first-order chi connectivity index (χ1) is 6.90. The number of nitrogens with one attached hydrogen (secondary N) is 1. The Kier molecular flexibility index (Phi) is 3.48. The normalized spacial score (nSPS) is 13.3. The van der Waals surface area contributed by atoms with Crippen LogP contribution in [0, 0.1) is 0 Å². The second-order valence-electron chi connectivity index (χ2n) is 4.38. The van der Waals surface area contributed by atoms with Crippen molar-refractivity contribution in [2.24, 2.45) is 0 Å².